The number of aryl methyl sites for hydroxylation is 1. The highest BCUT2D eigenvalue weighted by atomic mass is 16.3. The van der Waals surface area contributed by atoms with Gasteiger partial charge in [-0.15, -0.1) is 0 Å². The van der Waals surface area contributed by atoms with Gasteiger partial charge in [0.1, 0.15) is 5.82 Å². The summed E-state index contributed by atoms with van der Waals surface area (Å²) in [4.78, 5) is 7.24. The molecule has 0 spiro atoms. The Balaban J connectivity index is 1.68. The number of aliphatic hydroxyl groups excluding tert-OH is 1. The van der Waals surface area contributed by atoms with Gasteiger partial charge in [-0.1, -0.05) is 6.92 Å². The lowest BCUT2D eigenvalue weighted by Gasteiger charge is -2.29. The average Bonchev–Trinajstić information content (AvgIpc) is 2.90. The quantitative estimate of drug-likeness (QED) is 0.886. The van der Waals surface area contributed by atoms with Crippen molar-refractivity contribution in [2.75, 3.05) is 26.2 Å². The standard InChI is InChI=1S/C14H24N4O/c1-2-17-6-4-12(5-7-17)14-15-13-9-11(10-19)3-8-18(13)16-14/h11-12,19H,2-10H2,1H3. The SMILES string of the molecule is CCN1CCC(c2nc3n(n2)CCC(CO)C3)CC1. The molecular weight excluding hydrogens is 240 g/mol. The van der Waals surface area contributed by atoms with Crippen LogP contribution in [0, 0.1) is 5.92 Å². The number of hydrogen-bond acceptors (Lipinski definition) is 4. The zero-order valence-corrected chi connectivity index (χ0v) is 11.8. The number of piperidine rings is 1. The molecule has 0 aliphatic carbocycles. The highest BCUT2D eigenvalue weighted by Gasteiger charge is 2.26. The molecule has 106 valence electrons. The summed E-state index contributed by atoms with van der Waals surface area (Å²) in [6.07, 6.45) is 4.28. The number of likely N-dealkylation sites (tertiary alicyclic amines) is 1. The zero-order valence-electron chi connectivity index (χ0n) is 11.8. The monoisotopic (exact) mass is 264 g/mol. The molecule has 2 aliphatic heterocycles. The van der Waals surface area contributed by atoms with Crippen molar-refractivity contribution < 1.29 is 5.11 Å². The Labute approximate surface area is 114 Å². The molecule has 19 heavy (non-hydrogen) atoms. The molecule has 1 aromatic heterocycles. The Hall–Kier alpha value is -0.940. The van der Waals surface area contributed by atoms with Gasteiger partial charge in [-0.05, 0) is 44.8 Å². The van der Waals surface area contributed by atoms with Gasteiger partial charge in [0.05, 0.1) is 0 Å². The van der Waals surface area contributed by atoms with Crippen LogP contribution in [0.2, 0.25) is 0 Å². The van der Waals surface area contributed by atoms with Crippen LogP contribution < -0.4 is 0 Å². The lowest BCUT2D eigenvalue weighted by molar-refractivity contribution is 0.196. The van der Waals surface area contributed by atoms with E-state index in [9.17, 15) is 5.11 Å². The highest BCUT2D eigenvalue weighted by Crippen LogP contribution is 2.27. The minimum Gasteiger partial charge on any atom is -0.396 e. The van der Waals surface area contributed by atoms with E-state index >= 15 is 0 Å². The van der Waals surface area contributed by atoms with Crippen LogP contribution in [0.3, 0.4) is 0 Å². The third-order valence-electron chi connectivity index (χ3n) is 4.64. The van der Waals surface area contributed by atoms with E-state index in [2.05, 4.69) is 16.5 Å². The summed E-state index contributed by atoms with van der Waals surface area (Å²) < 4.78 is 2.06. The molecule has 0 bridgehead atoms. The minimum atomic E-state index is 0.275. The zero-order chi connectivity index (χ0) is 13.2. The molecule has 1 aromatic rings. The molecule has 5 heteroatoms. The van der Waals surface area contributed by atoms with Crippen LogP contribution in [-0.4, -0.2) is 51.0 Å². The summed E-state index contributed by atoms with van der Waals surface area (Å²) in [7, 11) is 0. The van der Waals surface area contributed by atoms with Gasteiger partial charge >= 0.3 is 0 Å². The molecular formula is C14H24N4O. The van der Waals surface area contributed by atoms with Crippen LogP contribution >= 0.6 is 0 Å². The van der Waals surface area contributed by atoms with Gasteiger partial charge in [0.25, 0.3) is 0 Å². The van der Waals surface area contributed by atoms with Gasteiger partial charge in [0, 0.05) is 25.5 Å². The number of fused-ring (bicyclic) bond motifs is 1. The molecule has 1 unspecified atom stereocenters. The predicted molar refractivity (Wildman–Crippen MR) is 73.0 cm³/mol. The first-order valence-electron chi connectivity index (χ1n) is 7.57. The van der Waals surface area contributed by atoms with E-state index in [0.717, 1.165) is 37.6 Å². The Morgan fingerprint density at radius 1 is 1.21 bits per heavy atom. The number of aromatic nitrogens is 3. The highest BCUT2D eigenvalue weighted by molar-refractivity contribution is 5.03. The fourth-order valence-electron chi connectivity index (χ4n) is 3.23. The van der Waals surface area contributed by atoms with Crippen molar-refractivity contribution in [2.45, 2.75) is 45.1 Å². The van der Waals surface area contributed by atoms with Crippen molar-refractivity contribution in [3.63, 3.8) is 0 Å². The molecule has 5 nitrogen and oxygen atoms in total. The Kier molecular flexibility index (Phi) is 3.84. The normalized spacial score (nSPS) is 25.5. The third kappa shape index (κ3) is 2.67. The van der Waals surface area contributed by atoms with Gasteiger partial charge in [-0.2, -0.15) is 5.10 Å². The summed E-state index contributed by atoms with van der Waals surface area (Å²) in [5.74, 6) is 3.04. The number of rotatable bonds is 3. The second-order valence-electron chi connectivity index (χ2n) is 5.86. The lowest BCUT2D eigenvalue weighted by Crippen LogP contribution is -2.32. The Morgan fingerprint density at radius 2 is 2.00 bits per heavy atom. The predicted octanol–water partition coefficient (Wildman–Crippen LogP) is 1.03. The Morgan fingerprint density at radius 3 is 2.68 bits per heavy atom. The van der Waals surface area contributed by atoms with Crippen molar-refractivity contribution in [2.24, 2.45) is 5.92 Å². The first kappa shape index (κ1) is 13.1. The van der Waals surface area contributed by atoms with Gasteiger partial charge in [0.15, 0.2) is 5.82 Å². The van der Waals surface area contributed by atoms with Crippen LogP contribution in [0.1, 0.15) is 43.8 Å². The van der Waals surface area contributed by atoms with E-state index in [0.29, 0.717) is 11.8 Å². The van der Waals surface area contributed by atoms with E-state index in [1.807, 2.05) is 0 Å². The van der Waals surface area contributed by atoms with Crippen LogP contribution in [0.4, 0.5) is 0 Å². The molecule has 0 radical (unpaired) electrons. The number of aliphatic hydroxyl groups is 1. The van der Waals surface area contributed by atoms with Gasteiger partial charge in [0.2, 0.25) is 0 Å². The van der Waals surface area contributed by atoms with E-state index in [1.54, 1.807) is 0 Å². The summed E-state index contributed by atoms with van der Waals surface area (Å²) in [6, 6.07) is 0. The molecule has 0 amide bonds. The maximum Gasteiger partial charge on any atom is 0.154 e. The second-order valence-corrected chi connectivity index (χ2v) is 5.86. The summed E-state index contributed by atoms with van der Waals surface area (Å²) in [5.41, 5.74) is 0. The maximum atomic E-state index is 9.27. The molecule has 3 rings (SSSR count). The molecule has 3 heterocycles. The first-order chi connectivity index (χ1) is 9.30. The van der Waals surface area contributed by atoms with Crippen molar-refractivity contribution in [1.29, 1.82) is 0 Å². The fourth-order valence-corrected chi connectivity index (χ4v) is 3.23. The van der Waals surface area contributed by atoms with E-state index in [-0.39, 0.29) is 6.61 Å². The van der Waals surface area contributed by atoms with Crippen molar-refractivity contribution in [1.82, 2.24) is 19.7 Å². The first-order valence-corrected chi connectivity index (χ1v) is 7.57. The summed E-state index contributed by atoms with van der Waals surface area (Å²) >= 11 is 0. The molecule has 0 saturated carbocycles. The van der Waals surface area contributed by atoms with E-state index < -0.39 is 0 Å². The topological polar surface area (TPSA) is 54.2 Å². The van der Waals surface area contributed by atoms with Crippen LogP contribution in [0.5, 0.6) is 0 Å². The van der Waals surface area contributed by atoms with Gasteiger partial charge < -0.3 is 10.0 Å². The van der Waals surface area contributed by atoms with E-state index in [1.165, 1.54) is 25.9 Å². The van der Waals surface area contributed by atoms with Crippen LogP contribution in [0.25, 0.3) is 0 Å². The summed E-state index contributed by atoms with van der Waals surface area (Å²) in [5, 5.41) is 14.0. The number of nitrogens with zero attached hydrogens (tertiary/aromatic N) is 4. The molecule has 1 fully saturated rings. The molecule has 1 saturated heterocycles. The number of hydrogen-bond donors (Lipinski definition) is 1. The molecule has 1 atom stereocenters. The fraction of sp³-hybridized carbons (Fsp3) is 0.857. The van der Waals surface area contributed by atoms with Crippen molar-refractivity contribution in [3.8, 4) is 0 Å². The lowest BCUT2D eigenvalue weighted by atomic mass is 9.96. The van der Waals surface area contributed by atoms with E-state index in [4.69, 9.17) is 10.1 Å². The molecule has 0 aromatic carbocycles. The van der Waals surface area contributed by atoms with Crippen molar-refractivity contribution in [3.05, 3.63) is 11.6 Å². The Bertz CT molecular complexity index is 423. The minimum absolute atomic E-state index is 0.275. The van der Waals surface area contributed by atoms with Crippen LogP contribution in [0.15, 0.2) is 0 Å². The third-order valence-corrected chi connectivity index (χ3v) is 4.64. The second kappa shape index (κ2) is 5.59. The van der Waals surface area contributed by atoms with Crippen LogP contribution in [-0.2, 0) is 13.0 Å². The summed E-state index contributed by atoms with van der Waals surface area (Å²) in [6.45, 7) is 6.91. The maximum absolute atomic E-state index is 9.27. The smallest absolute Gasteiger partial charge is 0.154 e. The largest absolute Gasteiger partial charge is 0.396 e. The van der Waals surface area contributed by atoms with Crippen molar-refractivity contribution >= 4 is 0 Å². The average molecular weight is 264 g/mol. The van der Waals surface area contributed by atoms with Gasteiger partial charge in [-0.25, -0.2) is 9.67 Å². The molecule has 2 aliphatic rings. The van der Waals surface area contributed by atoms with Gasteiger partial charge in [-0.3, -0.25) is 0 Å². The molecule has 1 N–H and O–H groups in total.